The van der Waals surface area contributed by atoms with Crippen LogP contribution < -0.4 is 0 Å². The Morgan fingerprint density at radius 1 is 0.608 bits per heavy atom. The Balaban J connectivity index is 0.899. The number of thioether (sulfide) groups is 6. The number of hydrogen-bond donors (Lipinski definition) is 0. The number of Topliss-reactive ketones (excluding diaryl/α,β-unsaturated/α-hetero) is 2. The van der Waals surface area contributed by atoms with E-state index in [1.807, 2.05) is 53.1 Å². The van der Waals surface area contributed by atoms with Gasteiger partial charge in [0.1, 0.15) is 47.6 Å². The van der Waals surface area contributed by atoms with Gasteiger partial charge < -0.3 is 0 Å². The van der Waals surface area contributed by atoms with Crippen molar-refractivity contribution >= 4 is 82.1 Å². The van der Waals surface area contributed by atoms with Crippen LogP contribution in [0.3, 0.4) is 0 Å². The zero-order valence-electron chi connectivity index (χ0n) is 77.8. The predicted octanol–water partition coefficient (Wildman–Crippen LogP) is 30.4. The van der Waals surface area contributed by atoms with Crippen LogP contribution in [0.2, 0.25) is 0 Å². The van der Waals surface area contributed by atoms with E-state index in [1.54, 1.807) is 0 Å². The number of fused-ring (bicyclic) bond motifs is 9. The van der Waals surface area contributed by atoms with E-state index in [2.05, 4.69) is 175 Å². The maximum Gasteiger partial charge on any atom is 0.193 e. The summed E-state index contributed by atoms with van der Waals surface area (Å²) in [5.74, 6) is -3.97. The lowest BCUT2D eigenvalue weighted by Crippen LogP contribution is -2.54. The van der Waals surface area contributed by atoms with Gasteiger partial charge in [-0.3, -0.25) is 9.59 Å². The van der Waals surface area contributed by atoms with Crippen LogP contribution in [0.15, 0.2) is 175 Å². The van der Waals surface area contributed by atoms with Crippen LogP contribution in [0, 0.1) is 134 Å². The summed E-state index contributed by atoms with van der Waals surface area (Å²) in [6, 6.07) is 18.6. The number of halogens is 6. The van der Waals surface area contributed by atoms with Crippen molar-refractivity contribution in [2.45, 2.75) is 367 Å². The Kier molecular flexibility index (Phi) is 31.5. The minimum Gasteiger partial charge on any atom is -0.289 e. The highest BCUT2D eigenvalue weighted by molar-refractivity contribution is 8.07. The molecule has 1 aromatic carbocycles. The van der Waals surface area contributed by atoms with Crippen molar-refractivity contribution in [3.05, 3.63) is 186 Å². The Morgan fingerprint density at radius 3 is 1.82 bits per heavy atom. The number of nitrogens with zero attached hydrogens (tertiary/aromatic N) is 4. The maximum absolute atomic E-state index is 19.0. The van der Waals surface area contributed by atoms with E-state index in [0.29, 0.717) is 60.5 Å². The first-order valence-electron chi connectivity index (χ1n) is 51.1. The van der Waals surface area contributed by atoms with Crippen LogP contribution in [0.5, 0.6) is 0 Å². The summed E-state index contributed by atoms with van der Waals surface area (Å²) < 4.78 is 101. The molecule has 2 saturated carbocycles. The van der Waals surface area contributed by atoms with Gasteiger partial charge >= 0.3 is 0 Å². The van der Waals surface area contributed by atoms with Crippen molar-refractivity contribution < 1.29 is 35.9 Å². The lowest BCUT2D eigenvalue weighted by Gasteiger charge is -2.55. The first-order chi connectivity index (χ1) is 63.3. The van der Waals surface area contributed by atoms with E-state index >= 15 is 35.9 Å². The number of rotatable bonds is 36. The molecular weight excluding hydrogens is 1740 g/mol. The summed E-state index contributed by atoms with van der Waals surface area (Å²) >= 11 is 12.2. The highest BCUT2D eigenvalue weighted by Gasteiger charge is 2.78. The normalized spacial score (nSPS) is 38.4. The van der Waals surface area contributed by atoms with Crippen molar-refractivity contribution in [3.8, 4) is 24.3 Å². The first-order valence-corrected chi connectivity index (χ1v) is 56.7. The van der Waals surface area contributed by atoms with Crippen molar-refractivity contribution in [1.82, 2.24) is 0 Å². The van der Waals surface area contributed by atoms with Gasteiger partial charge in [-0.25, -0.2) is 26.3 Å². The summed E-state index contributed by atoms with van der Waals surface area (Å²) in [6.45, 7) is 15.9. The molecule has 10 aliphatic carbocycles. The van der Waals surface area contributed by atoms with Crippen LogP contribution in [0.4, 0.5) is 26.3 Å². The van der Waals surface area contributed by atoms with E-state index in [9.17, 15) is 21.0 Å². The van der Waals surface area contributed by atoms with Gasteiger partial charge in [-0.05, 0) is 200 Å². The Morgan fingerprint density at radius 2 is 1.22 bits per heavy atom. The standard InChI is InChI=1S/C112H138F6N4O2S6/c1-8-15-20-24-31-66-36-42-72(43-37-66)111(71-34-27-23-28-35-71)83-52-75(50-81-95(69(60-119)61-120)77-54-85(113)87(115)56-79(77)103(81)123)125-105(83)109-101(111)99-97(93-58-89(117)91(127-93)48-64(13-6)29-18-11-4)108-100(98(107(99)129-109)94-59-90(118)92(128-94)49-65(14-7)30-19-12-5)102-110(130-108)106-84(53-76(126-106)51-82-96(70(62-121)63-122)78-55-86(114)88(116)57-80(78)104(82)124)112(102,73-44-38-67(39-45-73)32-25-21-16-9-2)74-46-40-68(41-47-74)33-26-22-17-10-3/h23,27,34,36,38-40,42-46,50-51,56-57,64-66,68,70,74-76,83-86,89-94,96-98,100-102,105-106,108-110H,8-22,24-26,28-33,35,37,41,47-49,52-55,58-59H2,1-7H3/b81-50-,82-51-. The van der Waals surface area contributed by atoms with Gasteiger partial charge in [0, 0.05) is 133 Å². The molecule has 17 rings (SSSR count). The van der Waals surface area contributed by atoms with Crippen LogP contribution in [-0.4, -0.2) is 94.0 Å². The van der Waals surface area contributed by atoms with Gasteiger partial charge in [0.05, 0.1) is 12.1 Å². The van der Waals surface area contributed by atoms with Gasteiger partial charge in [0.25, 0.3) is 0 Å². The fourth-order valence-electron chi connectivity index (χ4n) is 28.4. The predicted molar refractivity (Wildman–Crippen MR) is 530 cm³/mol. The van der Waals surface area contributed by atoms with Crippen molar-refractivity contribution in [1.29, 1.82) is 21.0 Å². The highest BCUT2D eigenvalue weighted by Crippen LogP contribution is 2.82. The highest BCUT2D eigenvalue weighted by atomic mass is 32.2. The van der Waals surface area contributed by atoms with E-state index in [-0.39, 0.29) is 139 Å². The largest absolute Gasteiger partial charge is 0.289 e. The van der Waals surface area contributed by atoms with Gasteiger partial charge in [0.2, 0.25) is 0 Å². The molecular formula is C112H138F6N4O2S6. The molecule has 6 nitrogen and oxygen atoms in total. The number of alkyl halides is 4. The lowest BCUT2D eigenvalue weighted by molar-refractivity contribution is -0.112. The number of hydrogen-bond acceptors (Lipinski definition) is 12. The summed E-state index contributed by atoms with van der Waals surface area (Å²) in [5.41, 5.74) is 6.68. The number of nitriles is 4. The smallest absolute Gasteiger partial charge is 0.193 e. The number of carbonyl (C=O) groups excluding carboxylic acids is 2. The number of unbranched alkanes of at least 4 members (excludes halogenated alkanes) is 11. The summed E-state index contributed by atoms with van der Waals surface area (Å²) in [6.07, 6.45) is 53.3. The minimum absolute atomic E-state index is 0.00964. The maximum atomic E-state index is 19.0. The van der Waals surface area contributed by atoms with Crippen molar-refractivity contribution in [2.24, 2.45) is 88.3 Å². The van der Waals surface area contributed by atoms with E-state index < -0.39 is 83.4 Å². The zero-order valence-corrected chi connectivity index (χ0v) is 82.7. The number of carbonyl (C=O) groups is 2. The second-order valence-corrected chi connectivity index (χ2v) is 50.0. The molecule has 0 bridgehead atoms. The average Bonchev–Trinajstić information content (AvgIpc) is 1.48. The Hall–Kier alpha value is -5.18. The molecule has 0 aromatic heterocycles. The summed E-state index contributed by atoms with van der Waals surface area (Å²) in [7, 11) is 0. The second-order valence-electron chi connectivity index (χ2n) is 41.6. The third-order valence-electron chi connectivity index (χ3n) is 34.5. The number of benzene rings is 1. The van der Waals surface area contributed by atoms with Gasteiger partial charge in [-0.15, -0.1) is 35.3 Å². The van der Waals surface area contributed by atoms with E-state index in [0.717, 1.165) is 166 Å². The SMILES string of the molecule is CCCCCCc1ccc(C2(C3C=CC(CCCCCC)CC3)C3CC(/C=C4\C(=O)C5=C(CC(F)C(F)=C5)C4C(C#N)C#N)SC3C3SC4C(C5CC(F)C(CC(CC)CCCC)S5)C5=C(SC6C7SC(/C=C8\C(=O)C9=C(CC(F)C(F)=C9)C8=C(C#N)C#N)CC7C(C7=CCC(CCCCCC)C=C7)(C7=CC=CCC7)C56)C(C5CC(F)C(CC(CC)CCCC)S5)C4C32)cc1. The lowest BCUT2D eigenvalue weighted by atomic mass is 9.50. The molecule has 696 valence electrons. The molecule has 18 heteroatoms. The zero-order chi connectivity index (χ0) is 91.0. The van der Waals surface area contributed by atoms with Crippen LogP contribution >= 0.6 is 70.6 Å². The summed E-state index contributed by atoms with van der Waals surface area (Å²) in [4.78, 5) is 32.1. The summed E-state index contributed by atoms with van der Waals surface area (Å²) in [5, 5.41) is 42.1. The number of allylic oxidation sites excluding steroid dienone is 24. The molecule has 5 saturated heterocycles. The van der Waals surface area contributed by atoms with Crippen LogP contribution in [0.25, 0.3) is 0 Å². The van der Waals surface area contributed by atoms with Gasteiger partial charge in [-0.1, -0.05) is 261 Å². The topological polar surface area (TPSA) is 129 Å². The van der Waals surface area contributed by atoms with E-state index in [4.69, 9.17) is 0 Å². The average molecular weight is 1880 g/mol. The molecule has 0 radical (unpaired) electrons. The van der Waals surface area contributed by atoms with Crippen LogP contribution in [0.1, 0.15) is 284 Å². The fraction of sp³-hybridized carbons (Fsp3) is 0.661. The molecule has 0 N–H and O–H groups in total. The fourth-order valence-corrected chi connectivity index (χ4v) is 41.0. The first kappa shape index (κ1) is 96.5. The van der Waals surface area contributed by atoms with Gasteiger partial charge in [0.15, 0.2) is 23.9 Å². The van der Waals surface area contributed by atoms with E-state index in [1.165, 1.54) is 71.3 Å². The monoisotopic (exact) mass is 1880 g/mol. The Labute approximate surface area is 799 Å². The molecule has 1 aromatic rings. The van der Waals surface area contributed by atoms with Crippen molar-refractivity contribution in [3.63, 3.8) is 0 Å². The quantitative estimate of drug-likeness (QED) is 0.0208. The van der Waals surface area contributed by atoms with Gasteiger partial charge in [-0.2, -0.15) is 56.3 Å². The molecule has 7 fully saturated rings. The molecule has 130 heavy (non-hydrogen) atoms. The molecule has 30 unspecified atom stereocenters. The third-order valence-corrected chi connectivity index (χ3v) is 44.8. The molecule has 6 heterocycles. The molecule has 0 spiro atoms. The van der Waals surface area contributed by atoms with Crippen molar-refractivity contribution in [2.75, 3.05) is 0 Å². The second kappa shape index (κ2) is 42.4. The molecule has 0 amide bonds. The molecule has 30 atom stereocenters. The number of ketones is 2. The Bertz CT molecular complexity index is 4970. The molecule has 16 aliphatic rings. The van der Waals surface area contributed by atoms with Crippen LogP contribution in [-0.2, 0) is 21.4 Å². The third kappa shape index (κ3) is 17.9. The molecule has 6 aliphatic heterocycles. The number of aryl methyl sites for hydroxylation is 1. The minimum atomic E-state index is -2.02.